The summed E-state index contributed by atoms with van der Waals surface area (Å²) >= 11 is 7.48. The zero-order valence-corrected chi connectivity index (χ0v) is 20.9. The van der Waals surface area contributed by atoms with Crippen molar-refractivity contribution in [3.63, 3.8) is 0 Å². The molecular formula is C24H22ClF4N5O2S. The van der Waals surface area contributed by atoms with Crippen molar-refractivity contribution in [1.82, 2.24) is 19.7 Å². The highest BCUT2D eigenvalue weighted by molar-refractivity contribution is 7.10. The number of alkyl halides is 4. The van der Waals surface area contributed by atoms with Gasteiger partial charge in [-0.2, -0.15) is 5.10 Å². The van der Waals surface area contributed by atoms with E-state index < -0.39 is 36.7 Å². The van der Waals surface area contributed by atoms with Gasteiger partial charge in [0.2, 0.25) is 5.91 Å². The van der Waals surface area contributed by atoms with E-state index >= 15 is 0 Å². The topological polar surface area (TPSA) is 72.6 Å². The second kappa shape index (κ2) is 10.8. The number of thiazole rings is 1. The summed E-state index contributed by atoms with van der Waals surface area (Å²) < 4.78 is 52.9. The molecule has 13 heteroatoms. The number of piperidine rings is 1. The summed E-state index contributed by atoms with van der Waals surface area (Å²) in [6.07, 6.45) is -4.29. The number of likely N-dealkylation sites (tertiary alicyclic amines) is 1. The van der Waals surface area contributed by atoms with Gasteiger partial charge in [-0.1, -0.05) is 28.9 Å². The molecule has 37 heavy (non-hydrogen) atoms. The minimum Gasteiger partial charge on any atom is -0.387 e. The molecule has 2 aliphatic rings. The summed E-state index contributed by atoms with van der Waals surface area (Å²) in [5.74, 6) is -0.292. The molecule has 0 spiro atoms. The molecule has 196 valence electrons. The molecule has 0 saturated carbocycles. The van der Waals surface area contributed by atoms with Crippen molar-refractivity contribution < 1.29 is 27.2 Å². The Morgan fingerprint density at radius 3 is 2.54 bits per heavy atom. The maximum absolute atomic E-state index is 13.2. The lowest BCUT2D eigenvalue weighted by molar-refractivity contribution is -0.133. The van der Waals surface area contributed by atoms with Crippen molar-refractivity contribution in [2.24, 2.45) is 5.16 Å². The van der Waals surface area contributed by atoms with Crippen LogP contribution in [0, 0.1) is 0 Å². The molecule has 2 aromatic heterocycles. The van der Waals surface area contributed by atoms with Crippen LogP contribution < -0.4 is 0 Å². The van der Waals surface area contributed by atoms with Gasteiger partial charge in [0.05, 0.1) is 10.7 Å². The van der Waals surface area contributed by atoms with Gasteiger partial charge in [-0.3, -0.25) is 9.48 Å². The van der Waals surface area contributed by atoms with Gasteiger partial charge in [0, 0.05) is 35.8 Å². The SMILES string of the molecule is O=C(Cn1nc(C(F)F)cc1C(F)F)N1CCC(c2nc(C3=NOC(c4ccc(Cl)cc4)C3)cs2)CC1. The highest BCUT2D eigenvalue weighted by Gasteiger charge is 2.30. The fraction of sp³-hybridized carbons (Fsp3) is 0.417. The van der Waals surface area contributed by atoms with E-state index in [0.29, 0.717) is 48.1 Å². The van der Waals surface area contributed by atoms with Crippen molar-refractivity contribution in [3.8, 4) is 0 Å². The van der Waals surface area contributed by atoms with E-state index in [4.69, 9.17) is 21.4 Å². The number of aromatic nitrogens is 3. The highest BCUT2D eigenvalue weighted by Crippen LogP contribution is 2.34. The van der Waals surface area contributed by atoms with Crippen molar-refractivity contribution in [1.29, 1.82) is 0 Å². The molecule has 3 aromatic rings. The molecule has 1 saturated heterocycles. The maximum Gasteiger partial charge on any atom is 0.282 e. The average Bonchev–Trinajstić information content (AvgIpc) is 3.64. The van der Waals surface area contributed by atoms with Gasteiger partial charge in [-0.15, -0.1) is 11.3 Å². The quantitative estimate of drug-likeness (QED) is 0.328. The lowest BCUT2D eigenvalue weighted by atomic mass is 9.97. The second-order valence-electron chi connectivity index (χ2n) is 8.87. The molecule has 0 radical (unpaired) electrons. The monoisotopic (exact) mass is 555 g/mol. The van der Waals surface area contributed by atoms with Crippen LogP contribution in [0.1, 0.15) is 71.8 Å². The van der Waals surface area contributed by atoms with Gasteiger partial charge in [-0.25, -0.2) is 22.5 Å². The maximum atomic E-state index is 13.2. The third kappa shape index (κ3) is 5.64. The number of benzene rings is 1. The van der Waals surface area contributed by atoms with Gasteiger partial charge in [0.15, 0.2) is 6.10 Å². The van der Waals surface area contributed by atoms with E-state index in [0.717, 1.165) is 22.0 Å². The first-order valence-electron chi connectivity index (χ1n) is 11.6. The Bertz CT molecular complexity index is 1290. The first-order chi connectivity index (χ1) is 17.8. The number of carbonyl (C=O) groups excluding carboxylic acids is 1. The largest absolute Gasteiger partial charge is 0.387 e. The summed E-state index contributed by atoms with van der Waals surface area (Å²) in [5, 5.41) is 11.3. The van der Waals surface area contributed by atoms with Crippen LogP contribution in [0.25, 0.3) is 0 Å². The molecule has 1 fully saturated rings. The van der Waals surface area contributed by atoms with Gasteiger partial charge in [0.25, 0.3) is 12.9 Å². The van der Waals surface area contributed by atoms with E-state index in [9.17, 15) is 22.4 Å². The minimum absolute atomic E-state index is 0.143. The highest BCUT2D eigenvalue weighted by atomic mass is 35.5. The van der Waals surface area contributed by atoms with E-state index in [1.165, 1.54) is 11.3 Å². The molecule has 5 rings (SSSR count). The van der Waals surface area contributed by atoms with E-state index in [2.05, 4.69) is 10.3 Å². The van der Waals surface area contributed by atoms with Crippen LogP contribution in [0.2, 0.25) is 5.02 Å². The van der Waals surface area contributed by atoms with Crippen LogP contribution >= 0.6 is 22.9 Å². The smallest absolute Gasteiger partial charge is 0.282 e. The average molecular weight is 556 g/mol. The van der Waals surface area contributed by atoms with Crippen molar-refractivity contribution in [2.45, 2.75) is 50.7 Å². The lowest BCUT2D eigenvalue weighted by Gasteiger charge is -2.31. The molecular weight excluding hydrogens is 534 g/mol. The third-order valence-electron chi connectivity index (χ3n) is 6.49. The number of hydrogen-bond acceptors (Lipinski definition) is 6. The Morgan fingerprint density at radius 1 is 1.14 bits per heavy atom. The molecule has 2 aliphatic heterocycles. The fourth-order valence-electron chi connectivity index (χ4n) is 4.46. The Kier molecular flexibility index (Phi) is 7.47. The molecule has 1 atom stereocenters. The Morgan fingerprint density at radius 2 is 1.86 bits per heavy atom. The van der Waals surface area contributed by atoms with Crippen LogP contribution in [-0.4, -0.2) is 44.4 Å². The van der Waals surface area contributed by atoms with E-state index in [-0.39, 0.29) is 12.0 Å². The molecule has 0 aliphatic carbocycles. The van der Waals surface area contributed by atoms with Crippen LogP contribution in [0.15, 0.2) is 40.9 Å². The van der Waals surface area contributed by atoms with Crippen LogP contribution in [0.5, 0.6) is 0 Å². The zero-order valence-electron chi connectivity index (χ0n) is 19.4. The van der Waals surface area contributed by atoms with Gasteiger partial charge in [0.1, 0.15) is 23.6 Å². The summed E-state index contributed by atoms with van der Waals surface area (Å²) in [6, 6.07) is 8.08. The van der Waals surface area contributed by atoms with Crippen LogP contribution in [-0.2, 0) is 16.2 Å². The number of amides is 1. The van der Waals surface area contributed by atoms with Gasteiger partial charge in [-0.05, 0) is 36.6 Å². The molecule has 7 nitrogen and oxygen atoms in total. The number of halogens is 5. The summed E-state index contributed by atoms with van der Waals surface area (Å²) in [5.41, 5.74) is 1.07. The first-order valence-corrected chi connectivity index (χ1v) is 12.9. The summed E-state index contributed by atoms with van der Waals surface area (Å²) in [6.45, 7) is 0.315. The Hall–Kier alpha value is -2.99. The van der Waals surface area contributed by atoms with Crippen LogP contribution in [0.4, 0.5) is 17.6 Å². The van der Waals surface area contributed by atoms with Crippen molar-refractivity contribution in [2.75, 3.05) is 13.1 Å². The van der Waals surface area contributed by atoms with Gasteiger partial charge < -0.3 is 9.74 Å². The predicted molar refractivity (Wildman–Crippen MR) is 129 cm³/mol. The standard InChI is InChI=1S/C24H22ClF4N5O2S/c25-15-3-1-13(2-4-15)20-10-16(32-36-20)18-12-37-24(30-18)14-5-7-33(8-6-14)21(35)11-34-19(23(28)29)9-17(31-34)22(26)27/h1-4,9,12,14,20,22-23H,5-8,10-11H2. The fourth-order valence-corrected chi connectivity index (χ4v) is 5.58. The number of hydrogen-bond donors (Lipinski definition) is 0. The van der Waals surface area contributed by atoms with Crippen molar-refractivity contribution in [3.05, 3.63) is 68.4 Å². The van der Waals surface area contributed by atoms with Crippen LogP contribution in [0.3, 0.4) is 0 Å². The summed E-state index contributed by atoms with van der Waals surface area (Å²) in [4.78, 5) is 24.6. The third-order valence-corrected chi connectivity index (χ3v) is 7.75. The van der Waals surface area contributed by atoms with Gasteiger partial charge >= 0.3 is 0 Å². The second-order valence-corrected chi connectivity index (χ2v) is 10.2. The number of nitrogens with zero attached hydrogens (tertiary/aromatic N) is 5. The molecule has 1 amide bonds. The Labute approximate surface area is 218 Å². The number of carbonyl (C=O) groups is 1. The molecule has 1 aromatic carbocycles. The molecule has 4 heterocycles. The Balaban J connectivity index is 1.16. The minimum atomic E-state index is -3.01. The van der Waals surface area contributed by atoms with Crippen molar-refractivity contribution >= 4 is 34.6 Å². The van der Waals surface area contributed by atoms with E-state index in [1.807, 2.05) is 29.6 Å². The van der Waals surface area contributed by atoms with E-state index in [1.54, 1.807) is 4.90 Å². The predicted octanol–water partition coefficient (Wildman–Crippen LogP) is 6.14. The number of rotatable bonds is 7. The first kappa shape index (κ1) is 25.7. The normalized spacial score (nSPS) is 18.5. The number of oxime groups is 1. The lowest BCUT2D eigenvalue weighted by Crippen LogP contribution is -2.40. The molecule has 1 unspecified atom stereocenters. The molecule has 0 bridgehead atoms. The summed E-state index contributed by atoms with van der Waals surface area (Å²) in [7, 11) is 0. The zero-order chi connectivity index (χ0) is 26.1. The molecule has 0 N–H and O–H groups in total.